The number of halogens is 2. The fourth-order valence-corrected chi connectivity index (χ4v) is 3.01. The molecule has 1 amide bonds. The first-order chi connectivity index (χ1) is 10.6. The Morgan fingerprint density at radius 3 is 2.91 bits per heavy atom. The van der Waals surface area contributed by atoms with Gasteiger partial charge in [0.1, 0.15) is 11.6 Å². The highest BCUT2D eigenvalue weighted by Crippen LogP contribution is 2.35. The van der Waals surface area contributed by atoms with E-state index >= 15 is 0 Å². The number of nitrogens with zero attached hydrogens (tertiary/aromatic N) is 1. The second-order valence-electron chi connectivity index (χ2n) is 5.65. The molecule has 1 saturated heterocycles. The Morgan fingerprint density at radius 2 is 2.18 bits per heavy atom. The van der Waals surface area contributed by atoms with E-state index in [9.17, 15) is 18.7 Å². The Kier molecular flexibility index (Phi) is 4.11. The zero-order chi connectivity index (χ0) is 15.7. The number of ether oxygens (including phenoxy) is 1. The molecule has 118 valence electrons. The molecule has 1 aromatic rings. The summed E-state index contributed by atoms with van der Waals surface area (Å²) in [6, 6.07) is 2.50. The van der Waals surface area contributed by atoms with Gasteiger partial charge in [0.25, 0.3) is 5.91 Å². The van der Waals surface area contributed by atoms with Gasteiger partial charge in [0.05, 0.1) is 30.6 Å². The number of likely N-dealkylation sites (tertiary alicyclic amines) is 1. The molecule has 0 bridgehead atoms. The zero-order valence-electron chi connectivity index (χ0n) is 12.0. The monoisotopic (exact) mass is 309 g/mol. The lowest BCUT2D eigenvalue weighted by atomic mass is 10.0. The number of amides is 1. The van der Waals surface area contributed by atoms with Crippen LogP contribution in [0.4, 0.5) is 8.78 Å². The lowest BCUT2D eigenvalue weighted by molar-refractivity contribution is -0.129. The van der Waals surface area contributed by atoms with Crippen LogP contribution in [0.5, 0.6) is 0 Å². The van der Waals surface area contributed by atoms with E-state index in [0.717, 1.165) is 24.6 Å². The first-order valence-electron chi connectivity index (χ1n) is 7.31. The maximum absolute atomic E-state index is 14.0. The molecule has 0 radical (unpaired) electrons. The number of β-amino-alcohol motifs (C(OH)–C–C–N with tert-alkyl or cyclic N) is 1. The molecule has 6 heteroatoms. The van der Waals surface area contributed by atoms with E-state index in [1.54, 1.807) is 0 Å². The first kappa shape index (κ1) is 15.0. The lowest BCUT2D eigenvalue weighted by Gasteiger charge is -2.27. The van der Waals surface area contributed by atoms with Crippen molar-refractivity contribution in [3.05, 3.63) is 47.2 Å². The average Bonchev–Trinajstić information content (AvgIpc) is 2.91. The quantitative estimate of drug-likeness (QED) is 0.912. The molecule has 4 nitrogen and oxygen atoms in total. The van der Waals surface area contributed by atoms with Crippen molar-refractivity contribution >= 4 is 5.91 Å². The summed E-state index contributed by atoms with van der Waals surface area (Å²) >= 11 is 0. The summed E-state index contributed by atoms with van der Waals surface area (Å²) in [6.45, 7) is 0.679. The highest BCUT2D eigenvalue weighted by molar-refractivity contribution is 5.93. The molecule has 0 unspecified atom stereocenters. The number of rotatable bonds is 2. The second kappa shape index (κ2) is 6.04. The topological polar surface area (TPSA) is 49.8 Å². The largest absolute Gasteiger partial charge is 0.501 e. The molecule has 0 saturated carbocycles. The normalized spacial score (nSPS) is 24.9. The predicted molar refractivity (Wildman–Crippen MR) is 74.7 cm³/mol. The van der Waals surface area contributed by atoms with Crippen LogP contribution >= 0.6 is 0 Å². The van der Waals surface area contributed by atoms with Gasteiger partial charge < -0.3 is 14.7 Å². The van der Waals surface area contributed by atoms with Crippen LogP contribution in [0.3, 0.4) is 0 Å². The molecule has 2 atom stereocenters. The molecule has 0 spiro atoms. The molecule has 0 aromatic heterocycles. The highest BCUT2D eigenvalue weighted by atomic mass is 19.1. The van der Waals surface area contributed by atoms with Gasteiger partial charge in [0.2, 0.25) is 0 Å². The van der Waals surface area contributed by atoms with Crippen molar-refractivity contribution in [2.75, 3.05) is 13.2 Å². The minimum Gasteiger partial charge on any atom is -0.501 e. The van der Waals surface area contributed by atoms with Crippen LogP contribution in [0.2, 0.25) is 0 Å². The number of benzene rings is 1. The summed E-state index contributed by atoms with van der Waals surface area (Å²) in [4.78, 5) is 14.0. The Hall–Kier alpha value is -1.95. The van der Waals surface area contributed by atoms with Crippen molar-refractivity contribution in [2.24, 2.45) is 0 Å². The van der Waals surface area contributed by atoms with Gasteiger partial charge in [-0.05, 0) is 37.5 Å². The summed E-state index contributed by atoms with van der Waals surface area (Å²) in [5, 5.41) is 9.88. The van der Waals surface area contributed by atoms with Crippen molar-refractivity contribution in [2.45, 2.75) is 31.4 Å². The van der Waals surface area contributed by atoms with E-state index in [1.807, 2.05) is 0 Å². The molecule has 0 aliphatic carbocycles. The van der Waals surface area contributed by atoms with Crippen LogP contribution in [-0.4, -0.2) is 35.2 Å². The summed E-state index contributed by atoms with van der Waals surface area (Å²) in [6.07, 6.45) is 2.20. The molecule has 2 aliphatic rings. The van der Waals surface area contributed by atoms with Gasteiger partial charge in [-0.2, -0.15) is 0 Å². The van der Waals surface area contributed by atoms with Gasteiger partial charge in [-0.1, -0.05) is 0 Å². The molecule has 3 rings (SSSR count). The van der Waals surface area contributed by atoms with Gasteiger partial charge in [-0.15, -0.1) is 0 Å². The van der Waals surface area contributed by atoms with Crippen LogP contribution in [0.1, 0.15) is 30.9 Å². The maximum atomic E-state index is 14.0. The van der Waals surface area contributed by atoms with E-state index in [1.165, 1.54) is 11.2 Å². The van der Waals surface area contributed by atoms with Crippen molar-refractivity contribution in [1.29, 1.82) is 0 Å². The number of carbonyl (C=O) groups is 1. The van der Waals surface area contributed by atoms with Crippen molar-refractivity contribution in [3.8, 4) is 0 Å². The molecule has 2 aliphatic heterocycles. The van der Waals surface area contributed by atoms with E-state index < -0.39 is 23.8 Å². The van der Waals surface area contributed by atoms with E-state index in [-0.39, 0.29) is 24.4 Å². The number of hydrogen-bond donors (Lipinski definition) is 1. The summed E-state index contributed by atoms with van der Waals surface area (Å²) in [5.41, 5.74) is 0.601. The molecule has 1 aromatic carbocycles. The van der Waals surface area contributed by atoms with Gasteiger partial charge in [0.15, 0.2) is 0 Å². The number of hydrogen-bond acceptors (Lipinski definition) is 3. The summed E-state index contributed by atoms with van der Waals surface area (Å²) in [7, 11) is 0. The molecule has 22 heavy (non-hydrogen) atoms. The fraction of sp³-hybridized carbons (Fsp3) is 0.438. The smallest absolute Gasteiger partial charge is 0.253 e. The molecular formula is C16H17F2NO3. The van der Waals surface area contributed by atoms with Gasteiger partial charge >= 0.3 is 0 Å². The van der Waals surface area contributed by atoms with Gasteiger partial charge in [-0.25, -0.2) is 8.78 Å². The molecule has 1 fully saturated rings. The van der Waals surface area contributed by atoms with Crippen molar-refractivity contribution in [1.82, 2.24) is 4.90 Å². The number of carbonyl (C=O) groups excluding carboxylic acids is 1. The number of aliphatic hydroxyl groups excluding tert-OH is 1. The first-order valence-corrected chi connectivity index (χ1v) is 7.31. The van der Waals surface area contributed by atoms with Crippen LogP contribution < -0.4 is 0 Å². The summed E-state index contributed by atoms with van der Waals surface area (Å²) in [5.74, 6) is -1.43. The standard InChI is InChI=1S/C16H17F2NO3/c17-11-3-4-14(18)13(6-11)15-7-12(20)8-19(15)16(21)10-2-1-5-22-9-10/h3-4,6,9,12,15,20H,1-2,5,7-8H2/t12-,15+/m0/s1. The minimum atomic E-state index is -0.748. The van der Waals surface area contributed by atoms with Crippen LogP contribution in [0, 0.1) is 11.6 Å². The third kappa shape index (κ3) is 2.83. The third-order valence-corrected chi connectivity index (χ3v) is 4.07. The van der Waals surface area contributed by atoms with Crippen molar-refractivity contribution < 1.29 is 23.4 Å². The number of aliphatic hydroxyl groups is 1. The summed E-state index contributed by atoms with van der Waals surface area (Å²) < 4.78 is 32.6. The Balaban J connectivity index is 1.90. The Morgan fingerprint density at radius 1 is 1.36 bits per heavy atom. The SMILES string of the molecule is O=C(C1=COCCC1)N1C[C@@H](O)C[C@@H]1c1cc(F)ccc1F. The zero-order valence-corrected chi connectivity index (χ0v) is 12.0. The Bertz CT molecular complexity index is 617. The van der Waals surface area contributed by atoms with E-state index in [0.29, 0.717) is 18.6 Å². The van der Waals surface area contributed by atoms with Crippen LogP contribution in [0.25, 0.3) is 0 Å². The van der Waals surface area contributed by atoms with Crippen LogP contribution in [0.15, 0.2) is 30.0 Å². The third-order valence-electron chi connectivity index (χ3n) is 4.07. The van der Waals surface area contributed by atoms with Gasteiger partial charge in [0, 0.05) is 12.1 Å². The van der Waals surface area contributed by atoms with E-state index in [4.69, 9.17) is 4.74 Å². The average molecular weight is 309 g/mol. The maximum Gasteiger partial charge on any atom is 0.253 e. The lowest BCUT2D eigenvalue weighted by Crippen LogP contribution is -2.34. The molecular weight excluding hydrogens is 292 g/mol. The van der Waals surface area contributed by atoms with Gasteiger partial charge in [-0.3, -0.25) is 4.79 Å². The molecule has 2 heterocycles. The van der Waals surface area contributed by atoms with Crippen molar-refractivity contribution in [3.63, 3.8) is 0 Å². The molecule has 1 N–H and O–H groups in total. The fourth-order valence-electron chi connectivity index (χ4n) is 3.01. The highest BCUT2D eigenvalue weighted by Gasteiger charge is 2.38. The second-order valence-corrected chi connectivity index (χ2v) is 5.65. The van der Waals surface area contributed by atoms with E-state index in [2.05, 4.69) is 0 Å². The minimum absolute atomic E-state index is 0.0993. The Labute approximate surface area is 127 Å². The van der Waals surface area contributed by atoms with Crippen LogP contribution in [-0.2, 0) is 9.53 Å². The predicted octanol–water partition coefficient (Wildman–Crippen LogP) is 2.29.